The number of likely N-dealkylation sites (N-methyl/N-ethyl adjacent to an activating group) is 1. The summed E-state index contributed by atoms with van der Waals surface area (Å²) in [5, 5.41) is 3.90. The summed E-state index contributed by atoms with van der Waals surface area (Å²) in [7, 11) is 3.78. The lowest BCUT2D eigenvalue weighted by Gasteiger charge is -2.38. The third-order valence-corrected chi connectivity index (χ3v) is 5.66. The van der Waals surface area contributed by atoms with Gasteiger partial charge in [-0.1, -0.05) is 35.3 Å². The smallest absolute Gasteiger partial charge is 0.252 e. The molecule has 1 amide bonds. The van der Waals surface area contributed by atoms with Crippen LogP contribution in [0, 0.1) is 0 Å². The molecule has 1 unspecified atom stereocenters. The number of halogens is 2. The van der Waals surface area contributed by atoms with Gasteiger partial charge in [-0.15, -0.1) is 0 Å². The van der Waals surface area contributed by atoms with E-state index < -0.39 is 0 Å². The highest BCUT2D eigenvalue weighted by molar-refractivity contribution is 6.36. The average Bonchev–Trinajstić information content (AvgIpc) is 2.69. The van der Waals surface area contributed by atoms with Gasteiger partial charge in [-0.05, 0) is 42.9 Å². The van der Waals surface area contributed by atoms with Gasteiger partial charge in [-0.2, -0.15) is 0 Å². The Morgan fingerprint density at radius 3 is 2.39 bits per heavy atom. The minimum absolute atomic E-state index is 0.0784. The number of carbonyl (C=O) groups excluding carboxylic acids is 1. The second-order valence-electron chi connectivity index (χ2n) is 6.96. The van der Waals surface area contributed by atoms with Crippen LogP contribution in [0.1, 0.15) is 22.0 Å². The number of rotatable bonds is 6. The molecule has 2 aromatic rings. The number of benzene rings is 2. The van der Waals surface area contributed by atoms with E-state index in [1.807, 2.05) is 12.1 Å². The molecule has 1 saturated heterocycles. The lowest BCUT2D eigenvalue weighted by molar-refractivity contribution is 0.0886. The van der Waals surface area contributed by atoms with E-state index in [4.69, 9.17) is 27.9 Å². The summed E-state index contributed by atoms with van der Waals surface area (Å²) in [6.07, 6.45) is 0. The number of amides is 1. The molecule has 0 radical (unpaired) electrons. The van der Waals surface area contributed by atoms with Crippen molar-refractivity contribution in [3.05, 3.63) is 63.6 Å². The van der Waals surface area contributed by atoms with E-state index in [1.165, 1.54) is 0 Å². The number of hydrogen-bond acceptors (Lipinski definition) is 4. The topological polar surface area (TPSA) is 44.8 Å². The van der Waals surface area contributed by atoms with Gasteiger partial charge in [0.1, 0.15) is 5.75 Å². The van der Waals surface area contributed by atoms with E-state index in [0.717, 1.165) is 37.5 Å². The van der Waals surface area contributed by atoms with Crippen LogP contribution >= 0.6 is 23.2 Å². The number of piperazine rings is 1. The summed E-state index contributed by atoms with van der Waals surface area (Å²) in [5.41, 5.74) is 1.57. The summed E-state index contributed by atoms with van der Waals surface area (Å²) < 4.78 is 5.27. The summed E-state index contributed by atoms with van der Waals surface area (Å²) >= 11 is 12.1. The van der Waals surface area contributed by atoms with Gasteiger partial charge < -0.3 is 15.0 Å². The van der Waals surface area contributed by atoms with Crippen molar-refractivity contribution in [2.75, 3.05) is 46.9 Å². The van der Waals surface area contributed by atoms with E-state index in [1.54, 1.807) is 25.3 Å². The zero-order valence-corrected chi connectivity index (χ0v) is 17.6. The van der Waals surface area contributed by atoms with Crippen LogP contribution in [0.25, 0.3) is 0 Å². The molecule has 1 atom stereocenters. The molecule has 1 aliphatic rings. The fourth-order valence-corrected chi connectivity index (χ4v) is 3.87. The van der Waals surface area contributed by atoms with Gasteiger partial charge in [0.2, 0.25) is 0 Å². The van der Waals surface area contributed by atoms with E-state index in [0.29, 0.717) is 22.2 Å². The molecular formula is C21H25Cl2N3O2. The Balaban J connectivity index is 1.75. The molecule has 1 N–H and O–H groups in total. The summed E-state index contributed by atoms with van der Waals surface area (Å²) in [6.45, 7) is 4.40. The molecule has 5 nitrogen and oxygen atoms in total. The monoisotopic (exact) mass is 421 g/mol. The van der Waals surface area contributed by atoms with Gasteiger partial charge >= 0.3 is 0 Å². The van der Waals surface area contributed by atoms with Gasteiger partial charge in [0.05, 0.1) is 23.7 Å². The fourth-order valence-electron chi connectivity index (χ4n) is 3.38. The van der Waals surface area contributed by atoms with Crippen LogP contribution in [0.3, 0.4) is 0 Å². The van der Waals surface area contributed by atoms with Gasteiger partial charge in [0.25, 0.3) is 5.91 Å². The van der Waals surface area contributed by atoms with Gasteiger partial charge in [0, 0.05) is 37.7 Å². The zero-order chi connectivity index (χ0) is 20.1. The maximum atomic E-state index is 12.7. The molecule has 0 saturated carbocycles. The molecule has 0 bridgehead atoms. The third-order valence-electron chi connectivity index (χ3n) is 5.11. The van der Waals surface area contributed by atoms with E-state index in [2.05, 4.69) is 34.3 Å². The molecule has 3 rings (SSSR count). The molecule has 1 heterocycles. The number of ether oxygens (including phenoxy) is 1. The van der Waals surface area contributed by atoms with Crippen LogP contribution < -0.4 is 10.1 Å². The molecule has 0 aromatic heterocycles. The third kappa shape index (κ3) is 5.17. The van der Waals surface area contributed by atoms with Crippen LogP contribution in [0.4, 0.5) is 0 Å². The molecular weight excluding hydrogens is 397 g/mol. The maximum absolute atomic E-state index is 12.7. The van der Waals surface area contributed by atoms with Crippen molar-refractivity contribution in [2.24, 2.45) is 0 Å². The Labute approximate surface area is 176 Å². The van der Waals surface area contributed by atoms with Crippen molar-refractivity contribution in [2.45, 2.75) is 6.04 Å². The lowest BCUT2D eigenvalue weighted by Crippen LogP contribution is -2.48. The highest BCUT2D eigenvalue weighted by Gasteiger charge is 2.25. The van der Waals surface area contributed by atoms with E-state index >= 15 is 0 Å². The minimum Gasteiger partial charge on any atom is -0.497 e. The van der Waals surface area contributed by atoms with Crippen molar-refractivity contribution in [1.29, 1.82) is 0 Å². The average molecular weight is 422 g/mol. The van der Waals surface area contributed by atoms with Crippen LogP contribution in [0.5, 0.6) is 5.75 Å². The van der Waals surface area contributed by atoms with Crippen LogP contribution in [-0.2, 0) is 0 Å². The van der Waals surface area contributed by atoms with E-state index in [-0.39, 0.29) is 11.9 Å². The summed E-state index contributed by atoms with van der Waals surface area (Å²) in [6, 6.07) is 13.0. The van der Waals surface area contributed by atoms with Crippen LogP contribution in [-0.4, -0.2) is 62.6 Å². The number of carbonyl (C=O) groups is 1. The highest BCUT2D eigenvalue weighted by Crippen LogP contribution is 2.25. The Kier molecular flexibility index (Phi) is 7.18. The first-order valence-electron chi connectivity index (χ1n) is 9.27. The number of nitrogens with zero attached hydrogens (tertiary/aromatic N) is 2. The van der Waals surface area contributed by atoms with Gasteiger partial charge in [-0.25, -0.2) is 0 Å². The molecule has 0 spiro atoms. The zero-order valence-electron chi connectivity index (χ0n) is 16.1. The highest BCUT2D eigenvalue weighted by atomic mass is 35.5. The van der Waals surface area contributed by atoms with Crippen molar-refractivity contribution in [3.63, 3.8) is 0 Å². The maximum Gasteiger partial charge on any atom is 0.252 e. The molecule has 150 valence electrons. The quantitative estimate of drug-likeness (QED) is 0.771. The second kappa shape index (κ2) is 9.61. The largest absolute Gasteiger partial charge is 0.497 e. The summed E-state index contributed by atoms with van der Waals surface area (Å²) in [5.74, 6) is 0.618. The van der Waals surface area contributed by atoms with Crippen molar-refractivity contribution in [1.82, 2.24) is 15.1 Å². The molecule has 1 aliphatic heterocycles. The second-order valence-corrected chi connectivity index (χ2v) is 7.81. The van der Waals surface area contributed by atoms with Crippen molar-refractivity contribution < 1.29 is 9.53 Å². The SMILES string of the molecule is COc1ccc(C(CNC(=O)c2ccc(Cl)cc2Cl)N2CCN(C)CC2)cc1. The Bertz CT molecular complexity index is 806. The molecule has 1 fully saturated rings. The molecule has 0 aliphatic carbocycles. The first-order valence-corrected chi connectivity index (χ1v) is 10.0. The number of hydrogen-bond donors (Lipinski definition) is 1. The normalized spacial score (nSPS) is 16.6. The Morgan fingerprint density at radius 1 is 1.11 bits per heavy atom. The predicted octanol–water partition coefficient (Wildman–Crippen LogP) is 3.72. The summed E-state index contributed by atoms with van der Waals surface area (Å²) in [4.78, 5) is 17.4. The molecule has 2 aromatic carbocycles. The Hall–Kier alpha value is -1.79. The first kappa shape index (κ1) is 20.9. The standard InChI is InChI=1S/C21H25Cl2N3O2/c1-25-9-11-26(12-10-25)20(15-3-6-17(28-2)7-4-15)14-24-21(27)18-8-5-16(22)13-19(18)23/h3-8,13,20H,9-12,14H2,1-2H3,(H,24,27). The molecule has 7 heteroatoms. The minimum atomic E-state index is -0.200. The van der Waals surface area contributed by atoms with Gasteiger partial charge in [-0.3, -0.25) is 9.69 Å². The fraction of sp³-hybridized carbons (Fsp3) is 0.381. The molecule has 28 heavy (non-hydrogen) atoms. The Morgan fingerprint density at radius 2 is 1.79 bits per heavy atom. The first-order chi connectivity index (χ1) is 13.5. The van der Waals surface area contributed by atoms with E-state index in [9.17, 15) is 4.79 Å². The van der Waals surface area contributed by atoms with Crippen LogP contribution in [0.2, 0.25) is 10.0 Å². The number of methoxy groups -OCH3 is 1. The van der Waals surface area contributed by atoms with Gasteiger partial charge in [0.15, 0.2) is 0 Å². The lowest BCUT2D eigenvalue weighted by atomic mass is 10.0. The predicted molar refractivity (Wildman–Crippen MR) is 114 cm³/mol. The number of nitrogens with one attached hydrogen (secondary N) is 1. The van der Waals surface area contributed by atoms with Crippen molar-refractivity contribution in [3.8, 4) is 5.75 Å². The van der Waals surface area contributed by atoms with Crippen molar-refractivity contribution >= 4 is 29.1 Å². The van der Waals surface area contributed by atoms with Crippen LogP contribution in [0.15, 0.2) is 42.5 Å².